The zero-order chi connectivity index (χ0) is 14.5. The Hall–Kier alpha value is -2.08. The van der Waals surface area contributed by atoms with E-state index in [1.807, 2.05) is 30.3 Å². The summed E-state index contributed by atoms with van der Waals surface area (Å²) in [5.41, 5.74) is 0.776. The number of amides is 1. The molecular weight excluding hydrogens is 329 g/mol. The van der Waals surface area contributed by atoms with Crippen LogP contribution < -0.4 is 5.32 Å². The summed E-state index contributed by atoms with van der Waals surface area (Å²) in [6.07, 6.45) is -0.772. The molecule has 0 unspecified atom stereocenters. The van der Waals surface area contributed by atoms with Crippen molar-refractivity contribution in [3.05, 3.63) is 58.3 Å². The van der Waals surface area contributed by atoms with Gasteiger partial charge in [-0.15, -0.1) is 0 Å². The number of carbonyl (C=O) groups is 1. The predicted octanol–water partition coefficient (Wildman–Crippen LogP) is 4.04. The van der Waals surface area contributed by atoms with Gasteiger partial charge in [0.15, 0.2) is 0 Å². The Labute approximate surface area is 123 Å². The minimum atomic E-state index is -0.772. The van der Waals surface area contributed by atoms with Crippen LogP contribution >= 0.6 is 15.9 Å². The van der Waals surface area contributed by atoms with Crippen molar-refractivity contribution in [3.8, 4) is 5.75 Å². The zero-order valence-corrected chi connectivity index (χ0v) is 11.9. The first kappa shape index (κ1) is 14.3. The molecule has 2 aromatic rings. The quantitative estimate of drug-likeness (QED) is 0.829. The molecule has 0 bridgehead atoms. The highest BCUT2D eigenvalue weighted by Crippen LogP contribution is 2.29. The summed E-state index contributed by atoms with van der Waals surface area (Å²) < 4.78 is 18.4. The van der Waals surface area contributed by atoms with Gasteiger partial charge in [-0.3, -0.25) is 5.32 Å². The second-order valence-corrected chi connectivity index (χ2v) is 4.82. The molecule has 0 aliphatic heterocycles. The topological polar surface area (TPSA) is 58.6 Å². The summed E-state index contributed by atoms with van der Waals surface area (Å²) in [6.45, 7) is 0.0897. The van der Waals surface area contributed by atoms with Crippen LogP contribution in [0.4, 0.5) is 14.9 Å². The number of nitrogens with one attached hydrogen (secondary N) is 1. The lowest BCUT2D eigenvalue weighted by Crippen LogP contribution is -2.13. The fraction of sp³-hybridized carbons (Fsp3) is 0.0714. The monoisotopic (exact) mass is 339 g/mol. The highest BCUT2D eigenvalue weighted by Gasteiger charge is 2.11. The third-order valence-electron chi connectivity index (χ3n) is 2.49. The van der Waals surface area contributed by atoms with Gasteiger partial charge in [0.2, 0.25) is 0 Å². The van der Waals surface area contributed by atoms with E-state index in [9.17, 15) is 14.3 Å². The van der Waals surface area contributed by atoms with E-state index in [1.54, 1.807) is 0 Å². The molecule has 0 saturated carbocycles. The van der Waals surface area contributed by atoms with Crippen LogP contribution in [-0.4, -0.2) is 11.2 Å². The molecule has 2 N–H and O–H groups in total. The minimum Gasteiger partial charge on any atom is -0.506 e. The van der Waals surface area contributed by atoms with Crippen LogP contribution in [0.5, 0.6) is 5.75 Å². The van der Waals surface area contributed by atoms with Crippen molar-refractivity contribution in [1.82, 2.24) is 0 Å². The number of aromatic hydroxyl groups is 1. The molecule has 20 heavy (non-hydrogen) atoms. The average Bonchev–Trinajstić information content (AvgIpc) is 2.44. The zero-order valence-electron chi connectivity index (χ0n) is 10.3. The van der Waals surface area contributed by atoms with Crippen LogP contribution in [0.15, 0.2) is 46.9 Å². The number of phenols is 1. The highest BCUT2D eigenvalue weighted by atomic mass is 79.9. The van der Waals surface area contributed by atoms with Crippen molar-refractivity contribution in [2.45, 2.75) is 6.61 Å². The summed E-state index contributed by atoms with van der Waals surface area (Å²) >= 11 is 2.93. The second kappa shape index (κ2) is 6.38. The van der Waals surface area contributed by atoms with Crippen LogP contribution in [0.25, 0.3) is 0 Å². The van der Waals surface area contributed by atoms with Crippen LogP contribution in [0, 0.1) is 5.82 Å². The maximum atomic E-state index is 13.3. The fourth-order valence-corrected chi connectivity index (χ4v) is 1.84. The first-order valence-corrected chi connectivity index (χ1v) is 6.51. The van der Waals surface area contributed by atoms with E-state index >= 15 is 0 Å². The molecule has 0 atom stereocenters. The molecule has 0 spiro atoms. The molecule has 0 heterocycles. The van der Waals surface area contributed by atoms with Crippen LogP contribution in [0.1, 0.15) is 5.56 Å². The van der Waals surface area contributed by atoms with Crippen LogP contribution in [-0.2, 0) is 11.3 Å². The standard InChI is InChI=1S/C14H11BrFNO3/c15-10-6-13(18)12(7-11(10)16)17-14(19)20-8-9-4-2-1-3-5-9/h1-7,18H,8H2,(H,17,19). The maximum absolute atomic E-state index is 13.3. The molecular formula is C14H11BrFNO3. The Bertz CT molecular complexity index is 619. The SMILES string of the molecule is O=C(Nc1cc(F)c(Br)cc1O)OCc1ccccc1. The molecule has 0 aromatic heterocycles. The number of halogens is 2. The van der Waals surface area contributed by atoms with E-state index in [2.05, 4.69) is 21.2 Å². The van der Waals surface area contributed by atoms with Crippen molar-refractivity contribution >= 4 is 27.7 Å². The summed E-state index contributed by atoms with van der Waals surface area (Å²) in [5.74, 6) is -0.851. The summed E-state index contributed by atoms with van der Waals surface area (Å²) in [4.78, 5) is 11.6. The van der Waals surface area contributed by atoms with Gasteiger partial charge >= 0.3 is 6.09 Å². The first-order chi connectivity index (χ1) is 9.56. The number of anilines is 1. The Balaban J connectivity index is 1.97. The van der Waals surface area contributed by atoms with E-state index in [0.717, 1.165) is 17.7 Å². The van der Waals surface area contributed by atoms with Crippen molar-refractivity contribution in [3.63, 3.8) is 0 Å². The Morgan fingerprint density at radius 2 is 2.00 bits per heavy atom. The molecule has 0 saturated heterocycles. The van der Waals surface area contributed by atoms with Crippen molar-refractivity contribution in [1.29, 1.82) is 0 Å². The number of ether oxygens (including phenoxy) is 1. The number of carbonyl (C=O) groups excluding carboxylic acids is 1. The molecule has 2 aromatic carbocycles. The Morgan fingerprint density at radius 1 is 1.30 bits per heavy atom. The summed E-state index contributed by atoms with van der Waals surface area (Å²) in [5, 5.41) is 11.9. The molecule has 4 nitrogen and oxygen atoms in total. The summed E-state index contributed by atoms with van der Waals surface area (Å²) in [7, 11) is 0. The highest BCUT2D eigenvalue weighted by molar-refractivity contribution is 9.10. The van der Waals surface area contributed by atoms with Gasteiger partial charge < -0.3 is 9.84 Å². The van der Waals surface area contributed by atoms with Gasteiger partial charge in [0.1, 0.15) is 18.2 Å². The van der Waals surface area contributed by atoms with Gasteiger partial charge in [0.25, 0.3) is 0 Å². The van der Waals surface area contributed by atoms with Gasteiger partial charge in [0, 0.05) is 6.07 Å². The number of benzene rings is 2. The van der Waals surface area contributed by atoms with E-state index in [-0.39, 0.29) is 22.5 Å². The van der Waals surface area contributed by atoms with E-state index < -0.39 is 11.9 Å². The molecule has 2 rings (SSSR count). The first-order valence-electron chi connectivity index (χ1n) is 5.72. The smallest absolute Gasteiger partial charge is 0.412 e. The Kier molecular flexibility index (Phi) is 4.57. The third-order valence-corrected chi connectivity index (χ3v) is 3.10. The molecule has 0 aliphatic carbocycles. The third kappa shape index (κ3) is 3.71. The molecule has 0 radical (unpaired) electrons. The lowest BCUT2D eigenvalue weighted by atomic mass is 10.2. The van der Waals surface area contributed by atoms with Crippen LogP contribution in [0.3, 0.4) is 0 Å². The Morgan fingerprint density at radius 3 is 2.70 bits per heavy atom. The molecule has 0 fully saturated rings. The van der Waals surface area contributed by atoms with E-state index in [0.29, 0.717) is 0 Å². The number of hydrogen-bond acceptors (Lipinski definition) is 3. The molecule has 104 valence electrons. The maximum Gasteiger partial charge on any atom is 0.412 e. The van der Waals surface area contributed by atoms with Crippen molar-refractivity contribution < 1.29 is 19.0 Å². The largest absolute Gasteiger partial charge is 0.506 e. The summed E-state index contributed by atoms with van der Waals surface area (Å²) in [6, 6.07) is 11.3. The second-order valence-electron chi connectivity index (χ2n) is 3.97. The normalized spacial score (nSPS) is 10.1. The van der Waals surface area contributed by atoms with Crippen molar-refractivity contribution in [2.24, 2.45) is 0 Å². The lowest BCUT2D eigenvalue weighted by Gasteiger charge is -2.09. The molecule has 0 aliphatic rings. The number of phenolic OH excluding ortho intramolecular Hbond substituents is 1. The van der Waals surface area contributed by atoms with Gasteiger partial charge in [-0.05, 0) is 27.6 Å². The molecule has 6 heteroatoms. The number of rotatable bonds is 3. The minimum absolute atomic E-state index is 0.0521. The van der Waals surface area contributed by atoms with Gasteiger partial charge in [-0.2, -0.15) is 0 Å². The van der Waals surface area contributed by atoms with Gasteiger partial charge in [-0.25, -0.2) is 9.18 Å². The lowest BCUT2D eigenvalue weighted by molar-refractivity contribution is 0.155. The average molecular weight is 340 g/mol. The fourth-order valence-electron chi connectivity index (χ4n) is 1.51. The van der Waals surface area contributed by atoms with E-state index in [1.165, 1.54) is 0 Å². The van der Waals surface area contributed by atoms with Crippen LogP contribution in [0.2, 0.25) is 0 Å². The predicted molar refractivity (Wildman–Crippen MR) is 76.0 cm³/mol. The van der Waals surface area contributed by atoms with E-state index in [4.69, 9.17) is 4.74 Å². The molecule has 1 amide bonds. The van der Waals surface area contributed by atoms with Gasteiger partial charge in [-0.1, -0.05) is 30.3 Å². The van der Waals surface area contributed by atoms with Crippen molar-refractivity contribution in [2.75, 3.05) is 5.32 Å². The number of hydrogen-bond donors (Lipinski definition) is 2. The van der Waals surface area contributed by atoms with Gasteiger partial charge in [0.05, 0.1) is 10.2 Å².